The topological polar surface area (TPSA) is 92.7 Å². The molecule has 0 radical (unpaired) electrons. The second kappa shape index (κ2) is 8.48. The standard InChI is InChI=1S/C20H13F3N6OS/c21-20(22,23)13-6-4-12(5-7-13)18(30)28-19-27-17(29-31-19)15-9-8-14(11-25-15)26-16-3-1-2-10-24-16/h1-11H,(H,24,26)(H,27,28,29,30). The first-order valence-electron chi connectivity index (χ1n) is 8.85. The van der Waals surface area contributed by atoms with Crippen molar-refractivity contribution in [2.75, 3.05) is 10.6 Å². The molecule has 1 amide bonds. The first-order valence-corrected chi connectivity index (χ1v) is 9.62. The number of benzene rings is 1. The number of hydrogen-bond acceptors (Lipinski definition) is 7. The number of carbonyl (C=O) groups excluding carboxylic acids is 1. The van der Waals surface area contributed by atoms with Crippen molar-refractivity contribution in [2.24, 2.45) is 0 Å². The highest BCUT2D eigenvalue weighted by Gasteiger charge is 2.30. The van der Waals surface area contributed by atoms with Crippen LogP contribution in [0.4, 0.5) is 29.8 Å². The predicted octanol–water partition coefficient (Wildman–Crippen LogP) is 5.01. The van der Waals surface area contributed by atoms with Crippen LogP contribution in [0.15, 0.2) is 67.0 Å². The second-order valence-corrected chi connectivity index (χ2v) is 6.98. The molecule has 0 bridgehead atoms. The van der Waals surface area contributed by atoms with Gasteiger partial charge in [0, 0.05) is 23.3 Å². The van der Waals surface area contributed by atoms with Crippen molar-refractivity contribution >= 4 is 34.1 Å². The zero-order chi connectivity index (χ0) is 21.8. The Balaban J connectivity index is 1.41. The Morgan fingerprint density at radius 3 is 2.42 bits per heavy atom. The SMILES string of the molecule is O=C(Nc1nc(-c2ccc(Nc3ccccn3)cn2)ns1)c1ccc(C(F)(F)F)cc1. The van der Waals surface area contributed by atoms with Gasteiger partial charge in [0.05, 0.1) is 17.4 Å². The Morgan fingerprint density at radius 2 is 1.77 bits per heavy atom. The number of halogens is 3. The number of amides is 1. The summed E-state index contributed by atoms with van der Waals surface area (Å²) in [6.07, 6.45) is -1.19. The third kappa shape index (κ3) is 5.01. The first kappa shape index (κ1) is 20.4. The molecule has 7 nitrogen and oxygen atoms in total. The lowest BCUT2D eigenvalue weighted by Gasteiger charge is -2.07. The number of alkyl halides is 3. The van der Waals surface area contributed by atoms with Crippen LogP contribution in [0.25, 0.3) is 11.5 Å². The maximum Gasteiger partial charge on any atom is 0.416 e. The lowest BCUT2D eigenvalue weighted by atomic mass is 10.1. The number of hydrogen-bond donors (Lipinski definition) is 2. The highest BCUT2D eigenvalue weighted by molar-refractivity contribution is 7.10. The van der Waals surface area contributed by atoms with E-state index in [0.29, 0.717) is 17.3 Å². The molecule has 4 rings (SSSR count). The molecule has 31 heavy (non-hydrogen) atoms. The van der Waals surface area contributed by atoms with Crippen molar-refractivity contribution in [1.82, 2.24) is 19.3 Å². The van der Waals surface area contributed by atoms with E-state index in [2.05, 4.69) is 30.0 Å². The fourth-order valence-electron chi connectivity index (χ4n) is 2.54. The van der Waals surface area contributed by atoms with Gasteiger partial charge in [0.15, 0.2) is 5.82 Å². The molecule has 0 atom stereocenters. The summed E-state index contributed by atoms with van der Waals surface area (Å²) < 4.78 is 42.1. The van der Waals surface area contributed by atoms with Crippen molar-refractivity contribution in [2.45, 2.75) is 6.18 Å². The van der Waals surface area contributed by atoms with Crippen LogP contribution in [0.2, 0.25) is 0 Å². The summed E-state index contributed by atoms with van der Waals surface area (Å²) in [7, 11) is 0. The molecule has 3 heterocycles. The Morgan fingerprint density at radius 1 is 0.968 bits per heavy atom. The average Bonchev–Trinajstić information content (AvgIpc) is 3.23. The molecule has 0 saturated heterocycles. The maximum atomic E-state index is 12.6. The summed E-state index contributed by atoms with van der Waals surface area (Å²) in [4.78, 5) is 24.9. The normalized spacial score (nSPS) is 11.2. The highest BCUT2D eigenvalue weighted by atomic mass is 32.1. The smallest absolute Gasteiger partial charge is 0.339 e. The van der Waals surface area contributed by atoms with Gasteiger partial charge in [-0.3, -0.25) is 15.1 Å². The van der Waals surface area contributed by atoms with E-state index in [9.17, 15) is 18.0 Å². The summed E-state index contributed by atoms with van der Waals surface area (Å²) >= 11 is 0.943. The molecule has 0 aliphatic carbocycles. The van der Waals surface area contributed by atoms with E-state index in [1.165, 1.54) is 0 Å². The van der Waals surface area contributed by atoms with E-state index in [1.54, 1.807) is 24.5 Å². The molecule has 0 aliphatic heterocycles. The molecule has 4 aromatic rings. The van der Waals surface area contributed by atoms with Crippen LogP contribution in [0.3, 0.4) is 0 Å². The number of nitrogens with zero attached hydrogens (tertiary/aromatic N) is 4. The third-order valence-corrected chi connectivity index (χ3v) is 4.68. The van der Waals surface area contributed by atoms with E-state index in [1.807, 2.05) is 18.2 Å². The van der Waals surface area contributed by atoms with E-state index in [-0.39, 0.29) is 10.7 Å². The van der Waals surface area contributed by atoms with Crippen LogP contribution in [0.1, 0.15) is 15.9 Å². The second-order valence-electron chi connectivity index (χ2n) is 6.22. The number of pyridine rings is 2. The summed E-state index contributed by atoms with van der Waals surface area (Å²) in [6.45, 7) is 0. The number of nitrogens with one attached hydrogen (secondary N) is 2. The lowest BCUT2D eigenvalue weighted by molar-refractivity contribution is -0.137. The van der Waals surface area contributed by atoms with Gasteiger partial charge in [0.2, 0.25) is 5.13 Å². The molecule has 1 aromatic carbocycles. The van der Waals surface area contributed by atoms with Crippen LogP contribution in [-0.2, 0) is 6.18 Å². The molecule has 0 unspecified atom stereocenters. The summed E-state index contributed by atoms with van der Waals surface area (Å²) in [5, 5.41) is 5.84. The molecule has 2 N–H and O–H groups in total. The Labute approximate surface area is 178 Å². The van der Waals surface area contributed by atoms with Gasteiger partial charge in [-0.15, -0.1) is 0 Å². The van der Waals surface area contributed by atoms with E-state index >= 15 is 0 Å². The van der Waals surface area contributed by atoms with Crippen molar-refractivity contribution < 1.29 is 18.0 Å². The van der Waals surface area contributed by atoms with Crippen LogP contribution in [-0.4, -0.2) is 25.2 Å². The first-order chi connectivity index (χ1) is 14.9. The maximum absolute atomic E-state index is 12.6. The number of rotatable bonds is 5. The van der Waals surface area contributed by atoms with E-state index in [0.717, 1.165) is 41.5 Å². The quantitative estimate of drug-likeness (QED) is 0.451. The summed E-state index contributed by atoms with van der Waals surface area (Å²) in [5.74, 6) is 0.411. The average molecular weight is 442 g/mol. The molecule has 0 spiro atoms. The predicted molar refractivity (Wildman–Crippen MR) is 110 cm³/mol. The summed E-state index contributed by atoms with van der Waals surface area (Å²) in [5.41, 5.74) is 0.480. The minimum atomic E-state index is -4.46. The Kier molecular flexibility index (Phi) is 5.58. The van der Waals surface area contributed by atoms with Crippen molar-refractivity contribution in [3.63, 3.8) is 0 Å². The minimum absolute atomic E-state index is 0.0767. The number of aromatic nitrogens is 4. The van der Waals surface area contributed by atoms with Crippen LogP contribution in [0.5, 0.6) is 0 Å². The Hall–Kier alpha value is -3.86. The molecule has 0 aliphatic rings. The Bertz CT molecular complexity index is 1180. The molecular weight excluding hydrogens is 429 g/mol. The van der Waals surface area contributed by atoms with Gasteiger partial charge in [-0.1, -0.05) is 6.07 Å². The number of carbonyl (C=O) groups is 1. The lowest BCUT2D eigenvalue weighted by Crippen LogP contribution is -2.12. The molecular formula is C20H13F3N6OS. The van der Waals surface area contributed by atoms with Gasteiger partial charge in [-0.25, -0.2) is 4.98 Å². The van der Waals surface area contributed by atoms with E-state index < -0.39 is 17.6 Å². The largest absolute Gasteiger partial charge is 0.416 e. The van der Waals surface area contributed by atoms with Gasteiger partial charge in [0.25, 0.3) is 5.91 Å². The highest BCUT2D eigenvalue weighted by Crippen LogP contribution is 2.29. The number of anilines is 3. The van der Waals surface area contributed by atoms with Gasteiger partial charge in [-0.05, 0) is 48.5 Å². The van der Waals surface area contributed by atoms with E-state index in [4.69, 9.17) is 0 Å². The zero-order valence-corrected chi connectivity index (χ0v) is 16.4. The van der Waals surface area contributed by atoms with Gasteiger partial charge >= 0.3 is 6.18 Å². The molecule has 0 saturated carbocycles. The van der Waals surface area contributed by atoms with Crippen LogP contribution < -0.4 is 10.6 Å². The van der Waals surface area contributed by atoms with Gasteiger partial charge < -0.3 is 5.32 Å². The van der Waals surface area contributed by atoms with Gasteiger partial charge in [-0.2, -0.15) is 22.5 Å². The van der Waals surface area contributed by atoms with Crippen molar-refractivity contribution in [3.05, 3.63) is 78.1 Å². The van der Waals surface area contributed by atoms with Crippen LogP contribution in [0, 0.1) is 0 Å². The fourth-order valence-corrected chi connectivity index (χ4v) is 3.12. The monoisotopic (exact) mass is 442 g/mol. The molecule has 3 aromatic heterocycles. The molecule has 11 heteroatoms. The summed E-state index contributed by atoms with van der Waals surface area (Å²) in [6, 6.07) is 12.9. The zero-order valence-electron chi connectivity index (χ0n) is 15.6. The molecule has 156 valence electrons. The third-order valence-electron chi connectivity index (χ3n) is 4.05. The van der Waals surface area contributed by atoms with Crippen LogP contribution >= 0.6 is 11.5 Å². The minimum Gasteiger partial charge on any atom is -0.339 e. The van der Waals surface area contributed by atoms with Gasteiger partial charge in [0.1, 0.15) is 11.5 Å². The van der Waals surface area contributed by atoms with Crippen molar-refractivity contribution in [3.8, 4) is 11.5 Å². The fraction of sp³-hybridized carbons (Fsp3) is 0.0500. The van der Waals surface area contributed by atoms with Crippen molar-refractivity contribution in [1.29, 1.82) is 0 Å². The molecule has 0 fully saturated rings.